The van der Waals surface area contributed by atoms with Gasteiger partial charge in [0, 0.05) is 44.5 Å². The van der Waals surface area contributed by atoms with Crippen LogP contribution in [-0.4, -0.2) is 47.7 Å². The molecule has 1 aliphatic carbocycles. The number of carbonyl (C=O) groups is 2. The summed E-state index contributed by atoms with van der Waals surface area (Å²) in [4.78, 5) is 31.8. The number of rotatable bonds is 4. The van der Waals surface area contributed by atoms with E-state index in [1.165, 1.54) is 4.90 Å². The zero-order valence-corrected chi connectivity index (χ0v) is 16.1. The second-order valence-corrected chi connectivity index (χ2v) is 8.13. The molecule has 2 aliphatic heterocycles. The average molecular weight is 427 g/mol. The number of carbonyl (C=O) groups excluding carboxylic acids is 2. The minimum atomic E-state index is -4.81. The Hall–Kier alpha value is -2.65. The molecule has 30 heavy (non-hydrogen) atoms. The van der Waals surface area contributed by atoms with Crippen LogP contribution in [0.15, 0.2) is 23.4 Å². The fourth-order valence-corrected chi connectivity index (χ4v) is 3.75. The van der Waals surface area contributed by atoms with E-state index in [4.69, 9.17) is 4.84 Å². The molecule has 1 saturated heterocycles. The lowest BCUT2D eigenvalue weighted by Crippen LogP contribution is -2.47. The van der Waals surface area contributed by atoms with E-state index in [9.17, 15) is 27.2 Å². The smallest absolute Gasteiger partial charge is 0.388 e. The third-order valence-corrected chi connectivity index (χ3v) is 5.83. The van der Waals surface area contributed by atoms with Gasteiger partial charge in [-0.05, 0) is 37.0 Å². The Labute approximate surface area is 170 Å². The summed E-state index contributed by atoms with van der Waals surface area (Å²) in [6.45, 7) is 1.18. The molecule has 0 radical (unpaired) electrons. The zero-order valence-electron chi connectivity index (χ0n) is 16.1. The van der Waals surface area contributed by atoms with Gasteiger partial charge in [-0.15, -0.1) is 0 Å². The summed E-state index contributed by atoms with van der Waals surface area (Å²) >= 11 is 0. The fourth-order valence-electron chi connectivity index (χ4n) is 3.75. The number of benzene rings is 1. The number of hydrogen-bond acceptors (Lipinski definition) is 4. The van der Waals surface area contributed by atoms with Crippen LogP contribution in [-0.2, 0) is 15.8 Å². The third kappa shape index (κ3) is 4.27. The highest BCUT2D eigenvalue weighted by molar-refractivity contribution is 6.39. The molecule has 2 amide bonds. The van der Waals surface area contributed by atoms with Gasteiger partial charge in [-0.25, -0.2) is 4.39 Å². The molecule has 162 valence electrons. The van der Waals surface area contributed by atoms with Crippen LogP contribution >= 0.6 is 0 Å². The number of oxime groups is 1. The normalized spacial score (nSPS) is 20.7. The number of amides is 2. The van der Waals surface area contributed by atoms with E-state index in [0.29, 0.717) is 49.6 Å². The van der Waals surface area contributed by atoms with E-state index in [2.05, 4.69) is 10.5 Å². The van der Waals surface area contributed by atoms with Crippen molar-refractivity contribution in [1.29, 1.82) is 0 Å². The Morgan fingerprint density at radius 1 is 1.23 bits per heavy atom. The maximum Gasteiger partial charge on any atom is 0.419 e. The highest BCUT2D eigenvalue weighted by atomic mass is 19.4. The maximum atomic E-state index is 13.8. The molecule has 1 aromatic carbocycles. The van der Waals surface area contributed by atoms with Crippen LogP contribution in [0.4, 0.5) is 17.6 Å². The fraction of sp³-hybridized carbons (Fsp3) is 0.550. The van der Waals surface area contributed by atoms with Crippen molar-refractivity contribution in [2.75, 3.05) is 19.6 Å². The standard InChI is InChI=1S/C20H21F4N3O3/c21-15-9-13(3-4-14(15)20(22,23)24)18(29)27-7-5-19(6-8-27)10-16(26-30-19)17(28)25-11-12-1-2-12/h3-4,9,12H,1-2,5-8,10-11H2,(H,25,28). The summed E-state index contributed by atoms with van der Waals surface area (Å²) in [5.74, 6) is -1.71. The van der Waals surface area contributed by atoms with Gasteiger partial charge < -0.3 is 15.1 Å². The lowest BCUT2D eigenvalue weighted by Gasteiger charge is -2.37. The molecule has 0 bridgehead atoms. The molecule has 0 aromatic heterocycles. The van der Waals surface area contributed by atoms with Crippen LogP contribution in [0, 0.1) is 11.7 Å². The van der Waals surface area contributed by atoms with Crippen molar-refractivity contribution < 1.29 is 32.0 Å². The van der Waals surface area contributed by atoms with E-state index in [-0.39, 0.29) is 24.6 Å². The lowest BCUT2D eigenvalue weighted by atomic mass is 9.86. The van der Waals surface area contributed by atoms with Gasteiger partial charge in [-0.1, -0.05) is 5.16 Å². The molecule has 2 fully saturated rings. The first-order chi connectivity index (χ1) is 14.2. The molecule has 0 atom stereocenters. The summed E-state index contributed by atoms with van der Waals surface area (Å²) < 4.78 is 51.9. The molecule has 4 rings (SSSR count). The van der Waals surface area contributed by atoms with Crippen molar-refractivity contribution in [1.82, 2.24) is 10.2 Å². The second kappa shape index (κ2) is 7.55. The molecule has 6 nitrogen and oxygen atoms in total. The van der Waals surface area contributed by atoms with Crippen molar-refractivity contribution in [2.45, 2.75) is 43.9 Å². The maximum absolute atomic E-state index is 13.8. The zero-order chi connectivity index (χ0) is 21.5. The number of alkyl halides is 3. The van der Waals surface area contributed by atoms with Gasteiger partial charge in [-0.3, -0.25) is 9.59 Å². The van der Waals surface area contributed by atoms with Gasteiger partial charge in [0.2, 0.25) is 0 Å². The molecule has 2 heterocycles. The predicted molar refractivity (Wildman–Crippen MR) is 98.1 cm³/mol. The van der Waals surface area contributed by atoms with E-state index in [1.807, 2.05) is 0 Å². The van der Waals surface area contributed by atoms with Crippen molar-refractivity contribution in [2.24, 2.45) is 11.1 Å². The van der Waals surface area contributed by atoms with Crippen molar-refractivity contribution in [3.63, 3.8) is 0 Å². The highest BCUT2D eigenvalue weighted by Gasteiger charge is 2.45. The average Bonchev–Trinajstić information content (AvgIpc) is 3.45. The van der Waals surface area contributed by atoms with Gasteiger partial charge in [0.15, 0.2) is 0 Å². The van der Waals surface area contributed by atoms with Crippen LogP contribution in [0.5, 0.6) is 0 Å². The number of hydrogen-bond donors (Lipinski definition) is 1. The van der Waals surface area contributed by atoms with Crippen molar-refractivity contribution in [3.05, 3.63) is 35.1 Å². The molecule has 1 N–H and O–H groups in total. The first kappa shape index (κ1) is 20.6. The molecular formula is C20H21F4N3O3. The highest BCUT2D eigenvalue weighted by Crippen LogP contribution is 2.36. The van der Waals surface area contributed by atoms with Gasteiger partial charge in [0.1, 0.15) is 17.1 Å². The van der Waals surface area contributed by atoms with Gasteiger partial charge in [-0.2, -0.15) is 13.2 Å². The molecule has 1 saturated carbocycles. The predicted octanol–water partition coefficient (Wildman–Crippen LogP) is 3.12. The Kier molecular flexibility index (Phi) is 5.19. The monoisotopic (exact) mass is 427 g/mol. The third-order valence-electron chi connectivity index (χ3n) is 5.83. The first-order valence-electron chi connectivity index (χ1n) is 9.86. The lowest BCUT2D eigenvalue weighted by molar-refractivity contribution is -0.140. The van der Waals surface area contributed by atoms with Crippen LogP contribution in [0.2, 0.25) is 0 Å². The summed E-state index contributed by atoms with van der Waals surface area (Å²) in [7, 11) is 0. The number of nitrogens with one attached hydrogen (secondary N) is 1. The SMILES string of the molecule is O=C(NCC1CC1)C1=NOC2(CCN(C(=O)c3ccc(C(F)(F)F)c(F)c3)CC2)C1. The summed E-state index contributed by atoms with van der Waals surface area (Å²) in [5.41, 5.74) is -1.87. The Bertz CT molecular complexity index is 888. The van der Waals surface area contributed by atoms with Crippen molar-refractivity contribution in [3.8, 4) is 0 Å². The van der Waals surface area contributed by atoms with Crippen LogP contribution in [0.25, 0.3) is 0 Å². The van der Waals surface area contributed by atoms with E-state index in [1.54, 1.807) is 0 Å². The topological polar surface area (TPSA) is 71.0 Å². The Morgan fingerprint density at radius 2 is 1.93 bits per heavy atom. The Morgan fingerprint density at radius 3 is 2.53 bits per heavy atom. The Balaban J connectivity index is 1.33. The van der Waals surface area contributed by atoms with Crippen LogP contribution in [0.1, 0.15) is 48.0 Å². The molecule has 0 unspecified atom stereocenters. The quantitative estimate of drug-likeness (QED) is 0.751. The van der Waals surface area contributed by atoms with E-state index >= 15 is 0 Å². The van der Waals surface area contributed by atoms with Crippen molar-refractivity contribution >= 4 is 17.5 Å². The number of nitrogens with zero attached hydrogens (tertiary/aromatic N) is 2. The largest absolute Gasteiger partial charge is 0.419 e. The van der Waals surface area contributed by atoms with E-state index in [0.717, 1.165) is 18.9 Å². The summed E-state index contributed by atoms with van der Waals surface area (Å²) in [6.07, 6.45) is -1.37. The number of likely N-dealkylation sites (tertiary alicyclic amines) is 1. The summed E-state index contributed by atoms with van der Waals surface area (Å²) in [5, 5.41) is 6.78. The van der Waals surface area contributed by atoms with Gasteiger partial charge in [0.25, 0.3) is 11.8 Å². The summed E-state index contributed by atoms with van der Waals surface area (Å²) in [6, 6.07) is 2.18. The van der Waals surface area contributed by atoms with Gasteiger partial charge >= 0.3 is 6.18 Å². The molecule has 1 aromatic rings. The van der Waals surface area contributed by atoms with E-state index < -0.39 is 29.1 Å². The van der Waals surface area contributed by atoms with Crippen LogP contribution < -0.4 is 5.32 Å². The molecule has 1 spiro atoms. The minimum Gasteiger partial charge on any atom is -0.388 e. The minimum absolute atomic E-state index is 0.139. The van der Waals surface area contributed by atoms with Crippen LogP contribution in [0.3, 0.4) is 0 Å². The molecule has 3 aliphatic rings. The number of halogens is 4. The molecular weight excluding hydrogens is 406 g/mol. The second-order valence-electron chi connectivity index (χ2n) is 8.13. The number of piperidine rings is 1. The first-order valence-corrected chi connectivity index (χ1v) is 9.86. The molecule has 10 heteroatoms. The van der Waals surface area contributed by atoms with Gasteiger partial charge in [0.05, 0.1) is 5.56 Å².